The highest BCUT2D eigenvalue weighted by Gasteiger charge is 2.48. The van der Waals surface area contributed by atoms with E-state index in [0.29, 0.717) is 42.8 Å². The van der Waals surface area contributed by atoms with Crippen molar-refractivity contribution in [3.8, 4) is 0 Å². The standard InChI is InChI=1S/C27H32Cl2N4O2/c1-27(10-11-27)26(35)32-12-8-19(9-13-32)25(34)33-16-20(14-30-24-7-6-22(29)15-31-24)23(17-33)18-2-4-21(28)5-3-18/h2-7,15,19-20,23H,8-14,16-17H2,1H3,(H,30,31)/t20-,23+/m0/s1. The van der Waals surface area contributed by atoms with Crippen LogP contribution in [0.3, 0.4) is 0 Å². The molecule has 8 heteroatoms. The van der Waals surface area contributed by atoms with E-state index in [1.165, 1.54) is 5.56 Å². The van der Waals surface area contributed by atoms with Gasteiger partial charge in [0.05, 0.1) is 5.02 Å². The second-order valence-electron chi connectivity index (χ2n) is 10.5. The molecule has 2 aromatic rings. The van der Waals surface area contributed by atoms with Crippen LogP contribution in [-0.4, -0.2) is 59.3 Å². The number of anilines is 1. The Morgan fingerprint density at radius 3 is 2.31 bits per heavy atom. The fourth-order valence-corrected chi connectivity index (χ4v) is 5.67. The molecule has 0 unspecified atom stereocenters. The summed E-state index contributed by atoms with van der Waals surface area (Å²) in [5.74, 6) is 1.72. The summed E-state index contributed by atoms with van der Waals surface area (Å²) in [6.07, 6.45) is 5.11. The predicted octanol–water partition coefficient (Wildman–Crippen LogP) is 5.08. The number of nitrogens with zero attached hydrogens (tertiary/aromatic N) is 3. The van der Waals surface area contributed by atoms with Gasteiger partial charge in [0, 0.05) is 67.1 Å². The van der Waals surface area contributed by atoms with Crippen LogP contribution >= 0.6 is 23.2 Å². The van der Waals surface area contributed by atoms with Gasteiger partial charge in [0.2, 0.25) is 11.8 Å². The van der Waals surface area contributed by atoms with Crippen molar-refractivity contribution in [2.75, 3.05) is 38.0 Å². The third-order valence-corrected chi connectivity index (χ3v) is 8.45. The van der Waals surface area contributed by atoms with E-state index in [1.54, 1.807) is 6.20 Å². The summed E-state index contributed by atoms with van der Waals surface area (Å²) in [6.45, 7) is 5.53. The minimum atomic E-state index is -0.142. The highest BCUT2D eigenvalue weighted by atomic mass is 35.5. The number of carbonyl (C=O) groups excluding carboxylic acids is 2. The molecule has 1 aromatic carbocycles. The molecule has 0 spiro atoms. The third kappa shape index (κ3) is 5.44. The highest BCUT2D eigenvalue weighted by Crippen LogP contribution is 2.47. The number of pyridine rings is 1. The molecule has 0 radical (unpaired) electrons. The second-order valence-corrected chi connectivity index (χ2v) is 11.4. The first kappa shape index (κ1) is 24.4. The van der Waals surface area contributed by atoms with Gasteiger partial charge < -0.3 is 15.1 Å². The summed E-state index contributed by atoms with van der Waals surface area (Å²) in [6, 6.07) is 11.7. The molecule has 35 heavy (non-hydrogen) atoms. The number of piperidine rings is 1. The zero-order valence-corrected chi connectivity index (χ0v) is 21.6. The van der Waals surface area contributed by atoms with Crippen LogP contribution < -0.4 is 5.32 Å². The highest BCUT2D eigenvalue weighted by molar-refractivity contribution is 6.30. The van der Waals surface area contributed by atoms with Crippen molar-refractivity contribution in [2.45, 2.75) is 38.5 Å². The van der Waals surface area contributed by atoms with E-state index in [1.807, 2.05) is 34.1 Å². The van der Waals surface area contributed by atoms with Crippen LogP contribution in [0.4, 0.5) is 5.82 Å². The molecule has 1 N–H and O–H groups in total. The van der Waals surface area contributed by atoms with Crippen LogP contribution in [0.5, 0.6) is 0 Å². The molecule has 2 atom stereocenters. The first-order valence-electron chi connectivity index (χ1n) is 12.5. The average molecular weight is 515 g/mol. The summed E-state index contributed by atoms with van der Waals surface area (Å²) in [4.78, 5) is 34.6. The fourth-order valence-electron chi connectivity index (χ4n) is 5.43. The number of hydrogen-bond donors (Lipinski definition) is 1. The maximum atomic E-state index is 13.5. The quantitative estimate of drug-likeness (QED) is 0.583. The monoisotopic (exact) mass is 514 g/mol. The van der Waals surface area contributed by atoms with Gasteiger partial charge in [0.15, 0.2) is 0 Å². The van der Waals surface area contributed by atoms with Crippen molar-refractivity contribution in [3.05, 3.63) is 58.2 Å². The van der Waals surface area contributed by atoms with Gasteiger partial charge in [-0.15, -0.1) is 0 Å². The minimum absolute atomic E-state index is 0.0124. The Balaban J connectivity index is 1.24. The number of halogens is 2. The first-order chi connectivity index (χ1) is 16.8. The van der Waals surface area contributed by atoms with Gasteiger partial charge in [-0.05, 0) is 55.5 Å². The van der Waals surface area contributed by atoms with Crippen molar-refractivity contribution in [1.29, 1.82) is 0 Å². The van der Waals surface area contributed by atoms with Gasteiger partial charge in [0.25, 0.3) is 0 Å². The number of nitrogens with one attached hydrogen (secondary N) is 1. The molecule has 1 aromatic heterocycles. The molecule has 2 aliphatic heterocycles. The van der Waals surface area contributed by atoms with Crippen molar-refractivity contribution < 1.29 is 9.59 Å². The number of likely N-dealkylation sites (tertiary alicyclic amines) is 2. The normalized spacial score (nSPS) is 23.9. The van der Waals surface area contributed by atoms with Gasteiger partial charge in [-0.25, -0.2) is 4.98 Å². The molecule has 0 bridgehead atoms. The van der Waals surface area contributed by atoms with E-state index < -0.39 is 0 Å². The molecule has 186 valence electrons. The van der Waals surface area contributed by atoms with E-state index in [-0.39, 0.29) is 35.0 Å². The Morgan fingerprint density at radius 2 is 1.69 bits per heavy atom. The molecule has 3 aliphatic rings. The van der Waals surface area contributed by atoms with Crippen LogP contribution in [0.25, 0.3) is 0 Å². The number of carbonyl (C=O) groups is 2. The van der Waals surface area contributed by atoms with E-state index in [9.17, 15) is 9.59 Å². The lowest BCUT2D eigenvalue weighted by Crippen LogP contribution is -2.45. The molecule has 3 heterocycles. The SMILES string of the molecule is CC1(C(=O)N2CCC(C(=O)N3C[C@H](CNc4ccc(Cl)cn4)[C@@H](c4ccc(Cl)cc4)C3)CC2)CC1. The summed E-state index contributed by atoms with van der Waals surface area (Å²) in [5.41, 5.74) is 1.05. The number of benzene rings is 1. The first-order valence-corrected chi connectivity index (χ1v) is 13.3. The second kappa shape index (κ2) is 9.98. The lowest BCUT2D eigenvalue weighted by atomic mass is 9.89. The minimum Gasteiger partial charge on any atom is -0.370 e. The predicted molar refractivity (Wildman–Crippen MR) is 139 cm³/mol. The van der Waals surface area contributed by atoms with Gasteiger partial charge in [-0.3, -0.25) is 9.59 Å². The fraction of sp³-hybridized carbons (Fsp3) is 0.519. The molecule has 1 aliphatic carbocycles. The summed E-state index contributed by atoms with van der Waals surface area (Å²) < 4.78 is 0. The van der Waals surface area contributed by atoms with Crippen LogP contribution in [0.1, 0.15) is 44.1 Å². The van der Waals surface area contributed by atoms with Crippen molar-refractivity contribution >= 4 is 40.8 Å². The van der Waals surface area contributed by atoms with Crippen molar-refractivity contribution in [3.63, 3.8) is 0 Å². The number of aromatic nitrogens is 1. The van der Waals surface area contributed by atoms with Gasteiger partial charge in [-0.2, -0.15) is 0 Å². The molecular formula is C27H32Cl2N4O2. The van der Waals surface area contributed by atoms with E-state index >= 15 is 0 Å². The Kier molecular flexibility index (Phi) is 6.95. The summed E-state index contributed by atoms with van der Waals surface area (Å²) >= 11 is 12.1. The van der Waals surface area contributed by atoms with Crippen LogP contribution in [0.15, 0.2) is 42.6 Å². The molecular weight excluding hydrogens is 483 g/mol. The van der Waals surface area contributed by atoms with E-state index in [4.69, 9.17) is 23.2 Å². The summed E-state index contributed by atoms with van der Waals surface area (Å²) in [5, 5.41) is 4.74. The Hall–Kier alpha value is -2.31. The van der Waals surface area contributed by atoms with Gasteiger partial charge in [0.1, 0.15) is 5.82 Å². The summed E-state index contributed by atoms with van der Waals surface area (Å²) in [7, 11) is 0. The molecule has 2 saturated heterocycles. The maximum Gasteiger partial charge on any atom is 0.228 e. The number of amides is 2. The molecule has 5 rings (SSSR count). The Labute approximate surface area is 217 Å². The average Bonchev–Trinajstić information content (AvgIpc) is 3.49. The zero-order chi connectivity index (χ0) is 24.6. The molecule has 3 fully saturated rings. The lowest BCUT2D eigenvalue weighted by Gasteiger charge is -2.34. The van der Waals surface area contributed by atoms with Crippen LogP contribution in [0.2, 0.25) is 10.0 Å². The van der Waals surface area contributed by atoms with Crippen LogP contribution in [0, 0.1) is 17.3 Å². The molecule has 6 nitrogen and oxygen atoms in total. The van der Waals surface area contributed by atoms with E-state index in [0.717, 1.165) is 31.5 Å². The lowest BCUT2D eigenvalue weighted by molar-refractivity contribution is -0.142. The number of hydrogen-bond acceptors (Lipinski definition) is 4. The topological polar surface area (TPSA) is 65.5 Å². The van der Waals surface area contributed by atoms with Crippen molar-refractivity contribution in [2.24, 2.45) is 17.3 Å². The molecule has 1 saturated carbocycles. The Morgan fingerprint density at radius 1 is 1.00 bits per heavy atom. The zero-order valence-electron chi connectivity index (χ0n) is 20.1. The third-order valence-electron chi connectivity index (χ3n) is 7.97. The van der Waals surface area contributed by atoms with E-state index in [2.05, 4.69) is 29.4 Å². The van der Waals surface area contributed by atoms with Gasteiger partial charge in [-0.1, -0.05) is 42.3 Å². The maximum absolute atomic E-state index is 13.5. The Bertz CT molecular complexity index is 1060. The van der Waals surface area contributed by atoms with Crippen LogP contribution in [-0.2, 0) is 9.59 Å². The smallest absolute Gasteiger partial charge is 0.228 e. The largest absolute Gasteiger partial charge is 0.370 e. The van der Waals surface area contributed by atoms with Gasteiger partial charge >= 0.3 is 0 Å². The molecule has 2 amide bonds. The number of rotatable bonds is 6. The van der Waals surface area contributed by atoms with Crippen molar-refractivity contribution in [1.82, 2.24) is 14.8 Å².